The van der Waals surface area contributed by atoms with Gasteiger partial charge < -0.3 is 14.8 Å². The molecule has 0 amide bonds. The number of ketones is 1. The van der Waals surface area contributed by atoms with E-state index in [1.807, 2.05) is 20.8 Å². The lowest BCUT2D eigenvalue weighted by atomic mass is 10.1. The van der Waals surface area contributed by atoms with E-state index in [9.17, 15) is 14.4 Å². The van der Waals surface area contributed by atoms with E-state index in [-0.39, 0.29) is 24.0 Å². The minimum Gasteiger partial charge on any atom is -0.462 e. The average Bonchev–Trinajstić information content (AvgIpc) is 2.78. The molecule has 1 fully saturated rings. The summed E-state index contributed by atoms with van der Waals surface area (Å²) >= 11 is 0. The first-order valence-electron chi connectivity index (χ1n) is 6.27. The second-order valence-corrected chi connectivity index (χ2v) is 5.22. The van der Waals surface area contributed by atoms with Crippen molar-refractivity contribution >= 4 is 18.2 Å². The normalized spacial score (nSPS) is 18.0. The van der Waals surface area contributed by atoms with E-state index in [4.69, 9.17) is 0 Å². The molecular formula is C13H23NO5. The molecule has 0 aromatic heterocycles. The van der Waals surface area contributed by atoms with E-state index in [2.05, 4.69) is 14.8 Å². The lowest BCUT2D eigenvalue weighted by Crippen LogP contribution is -2.33. The van der Waals surface area contributed by atoms with Crippen molar-refractivity contribution in [1.82, 2.24) is 5.32 Å². The number of carbonyl (C=O) groups is 3. The quantitative estimate of drug-likeness (QED) is 0.603. The molecule has 1 atom stereocenters. The van der Waals surface area contributed by atoms with E-state index in [1.54, 1.807) is 0 Å². The van der Waals surface area contributed by atoms with Crippen LogP contribution in [0.3, 0.4) is 0 Å². The molecule has 0 saturated carbocycles. The Morgan fingerprint density at radius 2 is 2.00 bits per heavy atom. The van der Waals surface area contributed by atoms with E-state index in [0.717, 1.165) is 19.4 Å². The Morgan fingerprint density at radius 3 is 2.32 bits per heavy atom. The van der Waals surface area contributed by atoms with Crippen LogP contribution in [-0.2, 0) is 23.9 Å². The SMILES string of the molecule is CC(=O)OCC(=O)[C@@H]1CCCN1.CC(C)(C)OC=O. The van der Waals surface area contributed by atoms with Gasteiger partial charge in [-0.3, -0.25) is 14.4 Å². The highest BCUT2D eigenvalue weighted by Gasteiger charge is 2.22. The van der Waals surface area contributed by atoms with Crippen LogP contribution < -0.4 is 5.32 Å². The summed E-state index contributed by atoms with van der Waals surface area (Å²) in [5.41, 5.74) is -0.318. The van der Waals surface area contributed by atoms with Gasteiger partial charge in [-0.1, -0.05) is 0 Å². The van der Waals surface area contributed by atoms with Crippen LogP contribution in [0.15, 0.2) is 0 Å². The second-order valence-electron chi connectivity index (χ2n) is 5.22. The number of carbonyl (C=O) groups excluding carboxylic acids is 3. The third-order valence-corrected chi connectivity index (χ3v) is 2.27. The average molecular weight is 273 g/mol. The highest BCUT2D eigenvalue weighted by molar-refractivity contribution is 5.86. The summed E-state index contributed by atoms with van der Waals surface area (Å²) < 4.78 is 9.14. The molecule has 1 aliphatic rings. The number of Topliss-reactive ketones (excluding diaryl/α,β-unsaturated/α-hetero) is 1. The van der Waals surface area contributed by atoms with Crippen molar-refractivity contribution in [1.29, 1.82) is 0 Å². The maximum Gasteiger partial charge on any atom is 0.303 e. The molecule has 6 heteroatoms. The van der Waals surface area contributed by atoms with Gasteiger partial charge in [0.05, 0.1) is 6.04 Å². The van der Waals surface area contributed by atoms with Gasteiger partial charge in [-0.05, 0) is 40.2 Å². The molecule has 110 valence electrons. The summed E-state index contributed by atoms with van der Waals surface area (Å²) in [4.78, 5) is 31.2. The third-order valence-electron chi connectivity index (χ3n) is 2.27. The largest absolute Gasteiger partial charge is 0.462 e. The van der Waals surface area contributed by atoms with E-state index in [0.29, 0.717) is 6.47 Å². The first-order chi connectivity index (χ1) is 8.76. The zero-order valence-corrected chi connectivity index (χ0v) is 12.0. The molecule has 0 unspecified atom stereocenters. The molecule has 0 spiro atoms. The van der Waals surface area contributed by atoms with E-state index in [1.165, 1.54) is 6.92 Å². The predicted molar refractivity (Wildman–Crippen MR) is 69.6 cm³/mol. The second kappa shape index (κ2) is 8.63. The van der Waals surface area contributed by atoms with E-state index < -0.39 is 5.97 Å². The lowest BCUT2D eigenvalue weighted by molar-refractivity contribution is -0.146. The van der Waals surface area contributed by atoms with Gasteiger partial charge in [-0.15, -0.1) is 0 Å². The Bertz CT molecular complexity index is 303. The number of nitrogens with one attached hydrogen (secondary N) is 1. The van der Waals surface area contributed by atoms with Crippen LogP contribution in [0, 0.1) is 0 Å². The maximum atomic E-state index is 11.2. The molecule has 0 aliphatic carbocycles. The Labute approximate surface area is 113 Å². The zero-order chi connectivity index (χ0) is 14.9. The number of hydrogen-bond donors (Lipinski definition) is 1. The van der Waals surface area contributed by atoms with Crippen LogP contribution in [0.1, 0.15) is 40.5 Å². The molecule has 0 bridgehead atoms. The van der Waals surface area contributed by atoms with E-state index >= 15 is 0 Å². The summed E-state index contributed by atoms with van der Waals surface area (Å²) in [5.74, 6) is -0.427. The molecule has 0 aromatic carbocycles. The number of ether oxygens (including phenoxy) is 2. The van der Waals surface area contributed by atoms with Gasteiger partial charge in [0, 0.05) is 6.92 Å². The highest BCUT2D eigenvalue weighted by atomic mass is 16.5. The fourth-order valence-electron chi connectivity index (χ4n) is 1.38. The molecule has 19 heavy (non-hydrogen) atoms. The standard InChI is InChI=1S/C8H13NO3.C5H10O2/c1-6(10)12-5-8(11)7-3-2-4-9-7;1-5(2,3)7-4-6/h7,9H,2-5H2,1H3;4H,1-3H3/t7-;/m0./s1. The van der Waals surface area contributed by atoms with Crippen LogP contribution in [0.2, 0.25) is 0 Å². The first-order valence-corrected chi connectivity index (χ1v) is 6.27. The third kappa shape index (κ3) is 10.2. The van der Waals surface area contributed by atoms with Gasteiger partial charge in [0.25, 0.3) is 6.47 Å². The van der Waals surface area contributed by atoms with Crippen LogP contribution in [0.25, 0.3) is 0 Å². The Kier molecular flexibility index (Phi) is 7.98. The monoisotopic (exact) mass is 273 g/mol. The minimum absolute atomic E-state index is 0.0253. The van der Waals surface area contributed by atoms with Crippen LogP contribution >= 0.6 is 0 Å². The zero-order valence-electron chi connectivity index (χ0n) is 12.0. The predicted octanol–water partition coefficient (Wildman–Crippen LogP) is 0.829. The van der Waals surface area contributed by atoms with Crippen molar-refractivity contribution < 1.29 is 23.9 Å². The summed E-state index contributed by atoms with van der Waals surface area (Å²) in [6.07, 6.45) is 1.89. The first kappa shape index (κ1) is 17.6. The molecule has 1 heterocycles. The maximum absolute atomic E-state index is 11.2. The van der Waals surface area contributed by atoms with Crippen molar-refractivity contribution in [3.05, 3.63) is 0 Å². The molecule has 1 saturated heterocycles. The molecule has 1 aliphatic heterocycles. The van der Waals surface area contributed by atoms with Gasteiger partial charge >= 0.3 is 5.97 Å². The van der Waals surface area contributed by atoms with Gasteiger partial charge in [0.1, 0.15) is 5.60 Å². The molecule has 0 radical (unpaired) electrons. The highest BCUT2D eigenvalue weighted by Crippen LogP contribution is 2.05. The van der Waals surface area contributed by atoms with Crippen molar-refractivity contribution in [2.24, 2.45) is 0 Å². The fourth-order valence-corrected chi connectivity index (χ4v) is 1.38. The number of hydrogen-bond acceptors (Lipinski definition) is 6. The molecular weight excluding hydrogens is 250 g/mol. The topological polar surface area (TPSA) is 81.7 Å². The summed E-state index contributed by atoms with van der Waals surface area (Å²) in [7, 11) is 0. The molecule has 0 aromatic rings. The summed E-state index contributed by atoms with van der Waals surface area (Å²) in [6, 6.07) is -0.0932. The van der Waals surface area contributed by atoms with Gasteiger partial charge in [0.15, 0.2) is 12.4 Å². The molecule has 1 rings (SSSR count). The van der Waals surface area contributed by atoms with Gasteiger partial charge in [-0.25, -0.2) is 0 Å². The van der Waals surface area contributed by atoms with Crippen molar-refractivity contribution in [2.75, 3.05) is 13.2 Å². The molecule has 6 nitrogen and oxygen atoms in total. The fraction of sp³-hybridized carbons (Fsp3) is 0.769. The Morgan fingerprint density at radius 1 is 1.37 bits per heavy atom. The van der Waals surface area contributed by atoms with Crippen molar-refractivity contribution in [3.63, 3.8) is 0 Å². The number of esters is 1. The lowest BCUT2D eigenvalue weighted by Gasteiger charge is -2.14. The van der Waals surface area contributed by atoms with Crippen molar-refractivity contribution in [3.8, 4) is 0 Å². The smallest absolute Gasteiger partial charge is 0.303 e. The Hall–Kier alpha value is -1.43. The van der Waals surface area contributed by atoms with Crippen LogP contribution in [-0.4, -0.2) is 43.0 Å². The number of rotatable bonds is 4. The molecule has 1 N–H and O–H groups in total. The van der Waals surface area contributed by atoms with Crippen LogP contribution in [0.4, 0.5) is 0 Å². The van der Waals surface area contributed by atoms with Crippen LogP contribution in [0.5, 0.6) is 0 Å². The summed E-state index contributed by atoms with van der Waals surface area (Å²) in [6.45, 7) is 8.02. The minimum atomic E-state index is -0.402. The van der Waals surface area contributed by atoms with Crippen molar-refractivity contribution in [2.45, 2.75) is 52.2 Å². The summed E-state index contributed by atoms with van der Waals surface area (Å²) in [5, 5.41) is 3.04. The van der Waals surface area contributed by atoms with Gasteiger partial charge in [-0.2, -0.15) is 0 Å². The van der Waals surface area contributed by atoms with Gasteiger partial charge in [0.2, 0.25) is 0 Å². The Balaban J connectivity index is 0.000000399.